The number of nitrogens with zero attached hydrogens (tertiary/aromatic N) is 2. The third-order valence-electron chi connectivity index (χ3n) is 4.32. The zero-order chi connectivity index (χ0) is 13.6. The molecule has 1 unspecified atom stereocenters. The van der Waals surface area contributed by atoms with Crippen LogP contribution in [-0.4, -0.2) is 48.3 Å². The van der Waals surface area contributed by atoms with Gasteiger partial charge in [-0.1, -0.05) is 19.0 Å². The van der Waals surface area contributed by atoms with Crippen molar-refractivity contribution in [2.75, 3.05) is 26.2 Å². The van der Waals surface area contributed by atoms with Gasteiger partial charge in [-0.25, -0.2) is 0 Å². The number of ether oxygens (including phenoxy) is 1. The summed E-state index contributed by atoms with van der Waals surface area (Å²) in [4.78, 5) is 2.45. The maximum absolute atomic E-state index is 8.52. The van der Waals surface area contributed by atoms with E-state index in [4.69, 9.17) is 15.7 Å². The van der Waals surface area contributed by atoms with Crippen LogP contribution in [0.1, 0.15) is 40.0 Å². The van der Waals surface area contributed by atoms with Gasteiger partial charge in [-0.15, -0.1) is 0 Å². The Morgan fingerprint density at radius 1 is 1.50 bits per heavy atom. The van der Waals surface area contributed by atoms with Crippen LogP contribution in [0.4, 0.5) is 0 Å². The van der Waals surface area contributed by atoms with Crippen molar-refractivity contribution in [3.8, 4) is 0 Å². The van der Waals surface area contributed by atoms with Gasteiger partial charge < -0.3 is 20.6 Å². The number of amidine groups is 1. The molecular weight excluding hydrogens is 230 g/mol. The summed E-state index contributed by atoms with van der Waals surface area (Å²) in [5.41, 5.74) is 5.97. The maximum Gasteiger partial charge on any atom is 0.168 e. The SMILES string of the molecule is CCC1(CC)CCN(CCOC(C)C(N)=NO)C1. The van der Waals surface area contributed by atoms with Crippen LogP contribution in [0.5, 0.6) is 0 Å². The first kappa shape index (κ1) is 15.2. The van der Waals surface area contributed by atoms with Crippen molar-refractivity contribution in [1.82, 2.24) is 4.90 Å². The van der Waals surface area contributed by atoms with Crippen LogP contribution in [0, 0.1) is 5.41 Å². The molecule has 0 spiro atoms. The third-order valence-corrected chi connectivity index (χ3v) is 4.32. The van der Waals surface area contributed by atoms with E-state index in [1.54, 1.807) is 6.92 Å². The summed E-state index contributed by atoms with van der Waals surface area (Å²) in [5, 5.41) is 11.5. The predicted molar refractivity (Wildman–Crippen MR) is 72.9 cm³/mol. The fourth-order valence-electron chi connectivity index (χ4n) is 2.57. The molecule has 0 aromatic carbocycles. The molecule has 0 radical (unpaired) electrons. The Morgan fingerprint density at radius 2 is 2.17 bits per heavy atom. The maximum atomic E-state index is 8.52. The summed E-state index contributed by atoms with van der Waals surface area (Å²) in [6.07, 6.45) is 3.47. The lowest BCUT2D eigenvalue weighted by Gasteiger charge is -2.26. The van der Waals surface area contributed by atoms with Gasteiger partial charge in [0.05, 0.1) is 6.61 Å². The molecule has 5 nitrogen and oxygen atoms in total. The Balaban J connectivity index is 2.26. The van der Waals surface area contributed by atoms with Crippen LogP contribution < -0.4 is 5.73 Å². The molecule has 0 bridgehead atoms. The van der Waals surface area contributed by atoms with E-state index >= 15 is 0 Å². The number of likely N-dealkylation sites (tertiary alicyclic amines) is 1. The van der Waals surface area contributed by atoms with Gasteiger partial charge in [0.25, 0.3) is 0 Å². The minimum Gasteiger partial charge on any atom is -0.409 e. The lowest BCUT2D eigenvalue weighted by molar-refractivity contribution is 0.0837. The van der Waals surface area contributed by atoms with Crippen molar-refractivity contribution in [1.29, 1.82) is 0 Å². The molecule has 1 saturated heterocycles. The summed E-state index contributed by atoms with van der Waals surface area (Å²) in [7, 11) is 0. The van der Waals surface area contributed by atoms with Crippen molar-refractivity contribution < 1.29 is 9.94 Å². The molecule has 1 heterocycles. The lowest BCUT2D eigenvalue weighted by atomic mass is 9.82. The van der Waals surface area contributed by atoms with Gasteiger partial charge in [-0.05, 0) is 38.1 Å². The monoisotopic (exact) mass is 257 g/mol. The summed E-state index contributed by atoms with van der Waals surface area (Å²) in [6.45, 7) is 10.2. The van der Waals surface area contributed by atoms with E-state index in [1.807, 2.05) is 0 Å². The van der Waals surface area contributed by atoms with Crippen molar-refractivity contribution in [2.24, 2.45) is 16.3 Å². The Labute approximate surface area is 110 Å². The average Bonchev–Trinajstić information content (AvgIpc) is 2.82. The minimum atomic E-state index is -0.320. The highest BCUT2D eigenvalue weighted by Gasteiger charge is 2.34. The van der Waals surface area contributed by atoms with Crippen LogP contribution in [0.25, 0.3) is 0 Å². The smallest absolute Gasteiger partial charge is 0.168 e. The highest BCUT2D eigenvalue weighted by Crippen LogP contribution is 2.36. The first-order valence-electron chi connectivity index (χ1n) is 6.88. The van der Waals surface area contributed by atoms with Gasteiger partial charge >= 0.3 is 0 Å². The van der Waals surface area contributed by atoms with Gasteiger partial charge in [0.2, 0.25) is 0 Å². The molecular formula is C13H27N3O2. The average molecular weight is 257 g/mol. The highest BCUT2D eigenvalue weighted by atomic mass is 16.5. The van der Waals surface area contributed by atoms with E-state index in [1.165, 1.54) is 25.8 Å². The molecule has 0 saturated carbocycles. The summed E-state index contributed by atoms with van der Waals surface area (Å²) < 4.78 is 5.53. The van der Waals surface area contributed by atoms with E-state index in [-0.39, 0.29) is 11.9 Å². The third kappa shape index (κ3) is 3.85. The van der Waals surface area contributed by atoms with E-state index < -0.39 is 0 Å². The Kier molecular flexibility index (Phi) is 5.88. The summed E-state index contributed by atoms with van der Waals surface area (Å²) in [5.74, 6) is 0.132. The molecule has 18 heavy (non-hydrogen) atoms. The molecule has 0 aromatic rings. The van der Waals surface area contributed by atoms with Crippen molar-refractivity contribution >= 4 is 5.84 Å². The lowest BCUT2D eigenvalue weighted by Crippen LogP contribution is -2.33. The van der Waals surface area contributed by atoms with Crippen LogP contribution in [0.3, 0.4) is 0 Å². The second-order valence-electron chi connectivity index (χ2n) is 5.27. The molecule has 106 valence electrons. The first-order chi connectivity index (χ1) is 8.56. The normalized spacial score (nSPS) is 22.3. The van der Waals surface area contributed by atoms with E-state index in [2.05, 4.69) is 23.9 Å². The van der Waals surface area contributed by atoms with Gasteiger partial charge in [-0.3, -0.25) is 0 Å². The molecule has 1 fully saturated rings. The molecule has 5 heteroatoms. The molecule has 0 amide bonds. The minimum absolute atomic E-state index is 0.132. The van der Waals surface area contributed by atoms with Crippen LogP contribution in [-0.2, 0) is 4.74 Å². The Hall–Kier alpha value is -0.810. The molecule has 1 aliphatic rings. The molecule has 1 rings (SSSR count). The molecule has 1 aliphatic heterocycles. The second kappa shape index (κ2) is 6.95. The second-order valence-corrected chi connectivity index (χ2v) is 5.27. The number of hydrogen-bond donors (Lipinski definition) is 2. The molecule has 0 aliphatic carbocycles. The first-order valence-corrected chi connectivity index (χ1v) is 6.88. The van der Waals surface area contributed by atoms with Gasteiger partial charge in [0, 0.05) is 13.1 Å². The number of oxime groups is 1. The Bertz CT molecular complexity index is 277. The fourth-order valence-corrected chi connectivity index (χ4v) is 2.57. The van der Waals surface area contributed by atoms with Crippen LogP contribution >= 0.6 is 0 Å². The predicted octanol–water partition coefficient (Wildman–Crippen LogP) is 1.65. The zero-order valence-corrected chi connectivity index (χ0v) is 11.9. The number of hydrogen-bond acceptors (Lipinski definition) is 4. The number of rotatable bonds is 7. The van der Waals surface area contributed by atoms with Gasteiger partial charge in [0.15, 0.2) is 5.84 Å². The zero-order valence-electron chi connectivity index (χ0n) is 11.9. The Morgan fingerprint density at radius 3 is 2.67 bits per heavy atom. The fraction of sp³-hybridized carbons (Fsp3) is 0.923. The van der Waals surface area contributed by atoms with Gasteiger partial charge in [0.1, 0.15) is 6.10 Å². The van der Waals surface area contributed by atoms with Crippen molar-refractivity contribution in [3.63, 3.8) is 0 Å². The van der Waals surface area contributed by atoms with Gasteiger partial charge in [-0.2, -0.15) is 0 Å². The summed E-state index contributed by atoms with van der Waals surface area (Å²) >= 11 is 0. The summed E-state index contributed by atoms with van der Waals surface area (Å²) in [6, 6.07) is 0. The largest absolute Gasteiger partial charge is 0.409 e. The number of nitrogens with two attached hydrogens (primary N) is 1. The standard InChI is InChI=1S/C13H27N3O2/c1-4-13(5-2)6-7-16(10-13)8-9-18-11(3)12(14)15-17/h11,17H,4-10H2,1-3H3,(H2,14,15). The quantitative estimate of drug-likeness (QED) is 0.315. The van der Waals surface area contributed by atoms with Crippen molar-refractivity contribution in [2.45, 2.75) is 46.1 Å². The molecule has 1 atom stereocenters. The van der Waals surface area contributed by atoms with E-state index in [9.17, 15) is 0 Å². The molecule has 3 N–H and O–H groups in total. The van der Waals surface area contributed by atoms with Crippen LogP contribution in [0.2, 0.25) is 0 Å². The van der Waals surface area contributed by atoms with Crippen LogP contribution in [0.15, 0.2) is 5.16 Å². The van der Waals surface area contributed by atoms with E-state index in [0.717, 1.165) is 13.1 Å². The van der Waals surface area contributed by atoms with Crippen molar-refractivity contribution in [3.05, 3.63) is 0 Å². The molecule has 0 aromatic heterocycles. The van der Waals surface area contributed by atoms with E-state index in [0.29, 0.717) is 12.0 Å². The topological polar surface area (TPSA) is 71.1 Å². The highest BCUT2D eigenvalue weighted by molar-refractivity contribution is 5.83.